The van der Waals surface area contributed by atoms with Crippen LogP contribution in [0.15, 0.2) is 30.3 Å². The summed E-state index contributed by atoms with van der Waals surface area (Å²) in [5.41, 5.74) is 0.968. The smallest absolute Gasteiger partial charge is 0.251 e. The quantitative estimate of drug-likeness (QED) is 0.558. The van der Waals surface area contributed by atoms with Crippen molar-refractivity contribution >= 4 is 11.6 Å². The molecule has 0 aliphatic carbocycles. The van der Waals surface area contributed by atoms with Gasteiger partial charge in [0.2, 0.25) is 0 Å². The third-order valence-corrected chi connectivity index (χ3v) is 1.17. The topological polar surface area (TPSA) is 33.7 Å². The highest BCUT2D eigenvalue weighted by atomic mass is 16.1. The van der Waals surface area contributed by atoms with E-state index in [9.17, 15) is 4.79 Å². The van der Waals surface area contributed by atoms with Gasteiger partial charge in [0.1, 0.15) is 5.69 Å². The van der Waals surface area contributed by atoms with E-state index in [-0.39, 0.29) is 5.91 Å². The highest BCUT2D eigenvalue weighted by Crippen LogP contribution is 1.95. The molecule has 0 aliphatic rings. The number of carbonyl (C=O) groups excluding carboxylic acids is 1. The SMILES string of the molecule is CC(=O)[NH2+]c1ccccc1. The highest BCUT2D eigenvalue weighted by Gasteiger charge is 1.96. The van der Waals surface area contributed by atoms with Crippen LogP contribution in [0.2, 0.25) is 0 Å². The van der Waals surface area contributed by atoms with Gasteiger partial charge in [-0.2, -0.15) is 0 Å². The minimum absolute atomic E-state index is 0.0891. The molecule has 1 amide bonds. The van der Waals surface area contributed by atoms with E-state index in [4.69, 9.17) is 0 Å². The fourth-order valence-electron chi connectivity index (χ4n) is 0.784. The summed E-state index contributed by atoms with van der Waals surface area (Å²) in [5.74, 6) is 0.0891. The fourth-order valence-corrected chi connectivity index (χ4v) is 0.784. The number of hydrogen-bond acceptors (Lipinski definition) is 1. The van der Waals surface area contributed by atoms with E-state index >= 15 is 0 Å². The lowest BCUT2D eigenvalue weighted by Gasteiger charge is -1.91. The van der Waals surface area contributed by atoms with Gasteiger partial charge in [0.25, 0.3) is 0 Å². The molecule has 1 aromatic carbocycles. The number of quaternary nitrogens is 1. The van der Waals surface area contributed by atoms with Gasteiger partial charge in [-0.15, -0.1) is 0 Å². The first-order valence-corrected chi connectivity index (χ1v) is 3.19. The number of amides is 1. The summed E-state index contributed by atoms with van der Waals surface area (Å²) in [6, 6.07) is 9.56. The van der Waals surface area contributed by atoms with Crippen LogP contribution in [0.3, 0.4) is 0 Å². The molecule has 0 bridgehead atoms. The van der Waals surface area contributed by atoms with E-state index in [1.54, 1.807) is 12.2 Å². The van der Waals surface area contributed by atoms with Crippen molar-refractivity contribution in [3.05, 3.63) is 30.3 Å². The molecule has 2 N–H and O–H groups in total. The van der Waals surface area contributed by atoms with Crippen LogP contribution in [0.1, 0.15) is 6.92 Å². The van der Waals surface area contributed by atoms with Crippen LogP contribution in [0.25, 0.3) is 0 Å². The molecule has 1 rings (SSSR count). The Kier molecular flexibility index (Phi) is 2.18. The summed E-state index contributed by atoms with van der Waals surface area (Å²) >= 11 is 0. The second-order valence-electron chi connectivity index (χ2n) is 2.17. The lowest BCUT2D eigenvalue weighted by Crippen LogP contribution is -2.81. The van der Waals surface area contributed by atoms with Gasteiger partial charge in [-0.05, 0) is 12.1 Å². The molecule has 10 heavy (non-hydrogen) atoms. The predicted molar refractivity (Wildman–Crippen MR) is 38.7 cm³/mol. The maximum Gasteiger partial charge on any atom is 0.312 e. The summed E-state index contributed by atoms with van der Waals surface area (Å²) in [7, 11) is 0. The number of primary amides is 1. The molecule has 0 saturated carbocycles. The molecule has 0 aromatic heterocycles. The third kappa shape index (κ3) is 1.99. The Morgan fingerprint density at radius 1 is 1.30 bits per heavy atom. The predicted octanol–water partition coefficient (Wildman–Crippen LogP) is 0.428. The van der Waals surface area contributed by atoms with Crippen LogP contribution in [0.4, 0.5) is 5.69 Å². The first kappa shape index (κ1) is 6.96. The minimum atomic E-state index is 0.0891. The Morgan fingerprint density at radius 3 is 2.40 bits per heavy atom. The van der Waals surface area contributed by atoms with E-state index in [1.807, 2.05) is 30.3 Å². The van der Waals surface area contributed by atoms with Crippen LogP contribution >= 0.6 is 0 Å². The molecule has 52 valence electrons. The molecule has 0 heterocycles. The van der Waals surface area contributed by atoms with Crippen LogP contribution in [0.5, 0.6) is 0 Å². The molecular formula is C8H10NO+. The van der Waals surface area contributed by atoms with Crippen molar-refractivity contribution in [1.82, 2.24) is 0 Å². The van der Waals surface area contributed by atoms with Gasteiger partial charge in [-0.3, -0.25) is 5.32 Å². The molecule has 0 radical (unpaired) electrons. The first-order valence-electron chi connectivity index (χ1n) is 3.19. The maximum atomic E-state index is 10.6. The molecule has 0 spiro atoms. The van der Waals surface area contributed by atoms with Crippen molar-refractivity contribution in [2.75, 3.05) is 0 Å². The Bertz CT molecular complexity index is 218. The number of rotatable bonds is 1. The van der Waals surface area contributed by atoms with E-state index in [0.717, 1.165) is 5.69 Å². The number of benzene rings is 1. The van der Waals surface area contributed by atoms with Gasteiger partial charge in [-0.25, -0.2) is 4.79 Å². The second-order valence-corrected chi connectivity index (χ2v) is 2.17. The van der Waals surface area contributed by atoms with Gasteiger partial charge in [0, 0.05) is 0 Å². The molecule has 0 saturated heterocycles. The fraction of sp³-hybridized carbons (Fsp3) is 0.125. The Morgan fingerprint density at radius 2 is 1.90 bits per heavy atom. The average molecular weight is 136 g/mol. The van der Waals surface area contributed by atoms with Crippen molar-refractivity contribution in [3.63, 3.8) is 0 Å². The second kappa shape index (κ2) is 3.13. The van der Waals surface area contributed by atoms with Crippen molar-refractivity contribution in [2.24, 2.45) is 0 Å². The number of hydrogen-bond donors (Lipinski definition) is 1. The van der Waals surface area contributed by atoms with Crippen LogP contribution in [-0.4, -0.2) is 5.91 Å². The molecular weight excluding hydrogens is 126 g/mol. The zero-order valence-electron chi connectivity index (χ0n) is 5.87. The summed E-state index contributed by atoms with van der Waals surface area (Å²) in [4.78, 5) is 10.6. The zero-order chi connectivity index (χ0) is 7.40. The van der Waals surface area contributed by atoms with Gasteiger partial charge in [-0.1, -0.05) is 18.2 Å². The van der Waals surface area contributed by atoms with E-state index in [0.29, 0.717) is 0 Å². The standard InChI is InChI=1S/C8H9NO/c1-7(10)9-8-5-3-2-4-6-8/h2-6H,1H3,(H,9,10)/p+1. The molecule has 0 aliphatic heterocycles. The first-order chi connectivity index (χ1) is 4.79. The third-order valence-electron chi connectivity index (χ3n) is 1.17. The number of nitrogens with two attached hydrogens (primary N) is 1. The molecule has 1 aromatic rings. The lowest BCUT2D eigenvalue weighted by atomic mass is 10.3. The molecule has 2 heteroatoms. The maximum absolute atomic E-state index is 10.6. The monoisotopic (exact) mass is 136 g/mol. The molecule has 0 unspecified atom stereocenters. The summed E-state index contributed by atoms with van der Waals surface area (Å²) in [6.45, 7) is 1.55. The molecule has 0 atom stereocenters. The van der Waals surface area contributed by atoms with Crippen LogP contribution in [-0.2, 0) is 4.79 Å². The normalized spacial score (nSPS) is 9.30. The zero-order valence-corrected chi connectivity index (χ0v) is 5.87. The average Bonchev–Trinajstić information content (AvgIpc) is 1.88. The van der Waals surface area contributed by atoms with Gasteiger partial charge in [0.15, 0.2) is 0 Å². The van der Waals surface area contributed by atoms with Crippen molar-refractivity contribution < 1.29 is 10.1 Å². The van der Waals surface area contributed by atoms with Crippen LogP contribution in [0, 0.1) is 0 Å². The number of carbonyl (C=O) groups is 1. The summed E-state index contributed by atoms with van der Waals surface area (Å²) in [5, 5.41) is 1.61. The van der Waals surface area contributed by atoms with E-state index < -0.39 is 0 Å². The van der Waals surface area contributed by atoms with Gasteiger partial charge < -0.3 is 0 Å². The summed E-state index contributed by atoms with van der Waals surface area (Å²) < 4.78 is 0. The van der Waals surface area contributed by atoms with Crippen LogP contribution < -0.4 is 5.32 Å². The Balaban J connectivity index is 2.67. The Labute approximate surface area is 59.9 Å². The lowest BCUT2D eigenvalue weighted by molar-refractivity contribution is -0.481. The Hall–Kier alpha value is -1.15. The van der Waals surface area contributed by atoms with Crippen molar-refractivity contribution in [2.45, 2.75) is 6.92 Å². The molecule has 0 fully saturated rings. The van der Waals surface area contributed by atoms with Crippen molar-refractivity contribution in [3.8, 4) is 0 Å². The highest BCUT2D eigenvalue weighted by molar-refractivity contribution is 5.64. The van der Waals surface area contributed by atoms with Gasteiger partial charge in [0.05, 0.1) is 6.92 Å². The van der Waals surface area contributed by atoms with Crippen molar-refractivity contribution in [1.29, 1.82) is 0 Å². The molecule has 2 nitrogen and oxygen atoms in total. The number of para-hydroxylation sites is 1. The van der Waals surface area contributed by atoms with E-state index in [2.05, 4.69) is 0 Å². The van der Waals surface area contributed by atoms with Gasteiger partial charge >= 0.3 is 5.91 Å². The van der Waals surface area contributed by atoms with E-state index in [1.165, 1.54) is 0 Å². The largest absolute Gasteiger partial charge is 0.312 e. The summed E-state index contributed by atoms with van der Waals surface area (Å²) in [6.07, 6.45) is 0. The minimum Gasteiger partial charge on any atom is -0.251 e.